The van der Waals surface area contributed by atoms with E-state index in [0.717, 1.165) is 71.8 Å². The molecule has 1 aromatic heterocycles. The molecule has 0 saturated carbocycles. The largest absolute Gasteiger partial charge is 0.497 e. The fraction of sp³-hybridized carbons (Fsp3) is 0.467. The molecule has 0 amide bonds. The number of pyridine rings is 1. The molecule has 9 heteroatoms. The number of halogens is 2. The summed E-state index contributed by atoms with van der Waals surface area (Å²) in [6.07, 6.45) is 5.44. The quantitative estimate of drug-likeness (QED) is 0.159. The van der Waals surface area contributed by atoms with E-state index in [1.54, 1.807) is 25.1 Å². The predicted octanol–water partition coefficient (Wildman–Crippen LogP) is 7.35. The van der Waals surface area contributed by atoms with Gasteiger partial charge in [0.2, 0.25) is 0 Å². The Morgan fingerprint density at radius 3 is 2.72 bits per heavy atom. The van der Waals surface area contributed by atoms with Crippen LogP contribution in [-0.2, 0) is 4.79 Å². The van der Waals surface area contributed by atoms with E-state index in [4.69, 9.17) is 27.9 Å². The van der Waals surface area contributed by atoms with Crippen molar-refractivity contribution in [1.29, 1.82) is 0 Å². The third-order valence-electron chi connectivity index (χ3n) is 7.64. The van der Waals surface area contributed by atoms with E-state index in [0.29, 0.717) is 34.7 Å². The van der Waals surface area contributed by atoms with Gasteiger partial charge < -0.3 is 19.8 Å². The van der Waals surface area contributed by atoms with E-state index in [9.17, 15) is 15.0 Å². The van der Waals surface area contributed by atoms with Crippen LogP contribution in [0.1, 0.15) is 50.2 Å². The summed E-state index contributed by atoms with van der Waals surface area (Å²) in [5.41, 5.74) is 1.68. The molecule has 0 bridgehead atoms. The number of aromatic nitrogens is 1. The minimum Gasteiger partial charge on any atom is -0.497 e. The summed E-state index contributed by atoms with van der Waals surface area (Å²) in [6.45, 7) is 2.83. The van der Waals surface area contributed by atoms with E-state index >= 15 is 0 Å². The molecular formula is C30H36Cl2N2O4S. The van der Waals surface area contributed by atoms with Gasteiger partial charge >= 0.3 is 5.97 Å². The normalized spacial score (nSPS) is 18.8. The van der Waals surface area contributed by atoms with Gasteiger partial charge in [-0.15, -0.1) is 11.8 Å². The summed E-state index contributed by atoms with van der Waals surface area (Å²) in [7, 11) is 1.63. The second-order valence-electron chi connectivity index (χ2n) is 10.2. The highest BCUT2D eigenvalue weighted by Gasteiger charge is 2.30. The Balaban J connectivity index is 1.32. The van der Waals surface area contributed by atoms with Gasteiger partial charge in [0.25, 0.3) is 0 Å². The Morgan fingerprint density at radius 1 is 1.18 bits per heavy atom. The van der Waals surface area contributed by atoms with Gasteiger partial charge in [-0.2, -0.15) is 0 Å². The molecule has 2 heterocycles. The van der Waals surface area contributed by atoms with E-state index in [-0.39, 0.29) is 6.42 Å². The SMILES string of the molecule is COc1ccc2nccc([C@@H](O)CCC3CCN(CCCSc4c(Cl)cccc4Cl)CC3CCC(=O)O)c2c1. The number of fused-ring (bicyclic) bond motifs is 1. The summed E-state index contributed by atoms with van der Waals surface area (Å²) < 4.78 is 5.38. The van der Waals surface area contributed by atoms with E-state index < -0.39 is 12.1 Å². The van der Waals surface area contributed by atoms with E-state index in [1.807, 2.05) is 42.5 Å². The number of aliphatic hydroxyl groups is 1. The average molecular weight is 592 g/mol. The lowest BCUT2D eigenvalue weighted by molar-refractivity contribution is -0.137. The van der Waals surface area contributed by atoms with Crippen LogP contribution in [0, 0.1) is 11.8 Å². The monoisotopic (exact) mass is 590 g/mol. The molecule has 0 spiro atoms. The van der Waals surface area contributed by atoms with Gasteiger partial charge in [-0.25, -0.2) is 0 Å². The number of hydrogen-bond donors (Lipinski definition) is 2. The van der Waals surface area contributed by atoms with Crippen molar-refractivity contribution in [3.05, 3.63) is 64.3 Å². The van der Waals surface area contributed by atoms with Crippen LogP contribution >= 0.6 is 35.0 Å². The highest BCUT2D eigenvalue weighted by atomic mass is 35.5. The minimum absolute atomic E-state index is 0.174. The summed E-state index contributed by atoms with van der Waals surface area (Å²) in [5.74, 6) is 1.57. The Bertz CT molecular complexity index is 1240. The smallest absolute Gasteiger partial charge is 0.303 e. The molecule has 2 unspecified atom stereocenters. The van der Waals surface area contributed by atoms with Gasteiger partial charge in [-0.1, -0.05) is 29.3 Å². The maximum Gasteiger partial charge on any atom is 0.303 e. The van der Waals surface area contributed by atoms with Gasteiger partial charge in [-0.3, -0.25) is 9.78 Å². The Labute approximate surface area is 244 Å². The molecule has 1 aliphatic rings. The fourth-order valence-electron chi connectivity index (χ4n) is 5.55. The highest BCUT2D eigenvalue weighted by Crippen LogP contribution is 2.36. The van der Waals surface area contributed by atoms with Crippen LogP contribution in [0.25, 0.3) is 10.9 Å². The lowest BCUT2D eigenvalue weighted by Crippen LogP contribution is -2.41. The molecule has 3 aromatic rings. The number of ether oxygens (including phenoxy) is 1. The Kier molecular flexibility index (Phi) is 11.2. The molecule has 210 valence electrons. The summed E-state index contributed by atoms with van der Waals surface area (Å²) in [6, 6.07) is 13.2. The highest BCUT2D eigenvalue weighted by molar-refractivity contribution is 7.99. The molecule has 1 fully saturated rings. The zero-order valence-electron chi connectivity index (χ0n) is 22.2. The number of hydrogen-bond acceptors (Lipinski definition) is 6. The number of carboxylic acids is 1. The predicted molar refractivity (Wildman–Crippen MR) is 159 cm³/mol. The summed E-state index contributed by atoms with van der Waals surface area (Å²) in [4.78, 5) is 19.2. The topological polar surface area (TPSA) is 82.9 Å². The number of carboxylic acid groups (broad SMARTS) is 1. The number of piperidine rings is 1. The van der Waals surface area contributed by atoms with Crippen LogP contribution < -0.4 is 4.74 Å². The van der Waals surface area contributed by atoms with Crippen molar-refractivity contribution in [3.8, 4) is 5.75 Å². The third-order valence-corrected chi connectivity index (χ3v) is 9.72. The van der Waals surface area contributed by atoms with Crippen molar-refractivity contribution >= 4 is 51.8 Å². The van der Waals surface area contributed by atoms with Crippen molar-refractivity contribution in [2.45, 2.75) is 49.5 Å². The van der Waals surface area contributed by atoms with E-state index in [2.05, 4.69) is 9.88 Å². The number of carbonyl (C=O) groups is 1. The molecule has 1 saturated heterocycles. The van der Waals surface area contributed by atoms with Crippen LogP contribution in [0.3, 0.4) is 0 Å². The molecule has 0 radical (unpaired) electrons. The maximum absolute atomic E-state index is 11.4. The van der Waals surface area contributed by atoms with Crippen LogP contribution in [0.15, 0.2) is 53.6 Å². The second kappa shape index (κ2) is 14.6. The van der Waals surface area contributed by atoms with Crippen LogP contribution in [0.2, 0.25) is 10.0 Å². The molecule has 2 aromatic carbocycles. The number of methoxy groups -OCH3 is 1. The summed E-state index contributed by atoms with van der Waals surface area (Å²) >= 11 is 14.3. The number of benzene rings is 2. The number of likely N-dealkylation sites (tertiary alicyclic amines) is 1. The maximum atomic E-state index is 11.4. The third kappa shape index (κ3) is 8.24. The van der Waals surface area contributed by atoms with Crippen molar-refractivity contribution < 1.29 is 19.7 Å². The van der Waals surface area contributed by atoms with Crippen molar-refractivity contribution in [2.24, 2.45) is 11.8 Å². The number of rotatable bonds is 13. The molecule has 6 nitrogen and oxygen atoms in total. The standard InChI is InChI=1S/C30H36Cl2N2O4S/c1-38-22-8-9-27-24(18-22)23(12-14-33-27)28(35)10-6-20-13-16-34(19-21(20)7-11-29(36)37)15-3-17-39-30-25(31)4-2-5-26(30)32/h2,4-5,8-9,12,14,18,20-21,28,35H,3,6-7,10-11,13,15-17,19H2,1H3,(H,36,37)/t20?,21?,28-/m0/s1. The van der Waals surface area contributed by atoms with Crippen LogP contribution in [0.4, 0.5) is 0 Å². The van der Waals surface area contributed by atoms with Crippen molar-refractivity contribution in [1.82, 2.24) is 9.88 Å². The molecule has 3 atom stereocenters. The number of aliphatic carboxylic acids is 1. The van der Waals surface area contributed by atoms with E-state index in [1.165, 1.54) is 0 Å². The molecule has 39 heavy (non-hydrogen) atoms. The first kappa shape index (κ1) is 29.9. The molecule has 4 rings (SSSR count). The zero-order valence-corrected chi connectivity index (χ0v) is 24.5. The van der Waals surface area contributed by atoms with Crippen LogP contribution in [0.5, 0.6) is 5.75 Å². The van der Waals surface area contributed by atoms with Crippen molar-refractivity contribution in [3.63, 3.8) is 0 Å². The molecule has 1 aliphatic heterocycles. The summed E-state index contributed by atoms with van der Waals surface area (Å²) in [5, 5.41) is 22.8. The first-order valence-electron chi connectivity index (χ1n) is 13.5. The van der Waals surface area contributed by atoms with Gasteiger partial charge in [0.1, 0.15) is 5.75 Å². The van der Waals surface area contributed by atoms with Crippen molar-refractivity contribution in [2.75, 3.05) is 32.5 Å². The average Bonchev–Trinajstić information content (AvgIpc) is 2.93. The molecule has 0 aliphatic carbocycles. The Morgan fingerprint density at radius 2 is 1.97 bits per heavy atom. The number of aliphatic hydroxyl groups excluding tert-OH is 1. The minimum atomic E-state index is -0.754. The zero-order chi connectivity index (χ0) is 27.8. The lowest BCUT2D eigenvalue weighted by Gasteiger charge is -2.39. The first-order chi connectivity index (χ1) is 18.9. The Hall–Kier alpha value is -2.03. The first-order valence-corrected chi connectivity index (χ1v) is 15.2. The number of nitrogens with zero attached hydrogens (tertiary/aromatic N) is 2. The molecular weight excluding hydrogens is 555 g/mol. The van der Waals surface area contributed by atoms with Gasteiger partial charge in [0.15, 0.2) is 0 Å². The lowest BCUT2D eigenvalue weighted by atomic mass is 9.79. The second-order valence-corrected chi connectivity index (χ2v) is 12.1. The van der Waals surface area contributed by atoms with Gasteiger partial charge in [0.05, 0.1) is 28.8 Å². The number of thioether (sulfide) groups is 1. The van der Waals surface area contributed by atoms with Gasteiger partial charge in [-0.05, 0) is 105 Å². The van der Waals surface area contributed by atoms with Gasteiger partial charge in [0, 0.05) is 29.4 Å². The van der Waals surface area contributed by atoms with Crippen LogP contribution in [-0.4, -0.2) is 58.6 Å². The fourth-order valence-corrected chi connectivity index (χ4v) is 7.16. The molecule has 2 N–H and O–H groups in total.